The van der Waals surface area contributed by atoms with E-state index in [9.17, 15) is 0 Å². The number of hydrogen-bond acceptors (Lipinski definition) is 4. The summed E-state index contributed by atoms with van der Waals surface area (Å²) in [6.07, 6.45) is 3.62. The zero-order valence-corrected chi connectivity index (χ0v) is 10.0. The molecule has 1 aromatic rings. The van der Waals surface area contributed by atoms with Crippen molar-refractivity contribution in [1.29, 1.82) is 0 Å². The third-order valence-electron chi connectivity index (χ3n) is 3.06. The lowest BCUT2D eigenvalue weighted by atomic mass is 9.97. The standard InChI is InChI=1S/C11H19N3S/c1-11(12,9-2-3-9)7-13-5-4-10-6-15-8-14-10/h6,8-9,13H,2-5,7,12H2,1H3. The Morgan fingerprint density at radius 1 is 1.67 bits per heavy atom. The van der Waals surface area contributed by atoms with Crippen LogP contribution in [0.15, 0.2) is 10.9 Å². The van der Waals surface area contributed by atoms with Gasteiger partial charge >= 0.3 is 0 Å². The van der Waals surface area contributed by atoms with Gasteiger partial charge in [0.1, 0.15) is 0 Å². The lowest BCUT2D eigenvalue weighted by Gasteiger charge is -2.24. The van der Waals surface area contributed by atoms with Gasteiger partial charge in [-0.1, -0.05) is 0 Å². The van der Waals surface area contributed by atoms with Crippen LogP contribution in [0.5, 0.6) is 0 Å². The molecule has 4 heteroatoms. The summed E-state index contributed by atoms with van der Waals surface area (Å²) in [5.74, 6) is 0.740. The Hall–Kier alpha value is -0.450. The van der Waals surface area contributed by atoms with Gasteiger partial charge in [0.05, 0.1) is 11.2 Å². The third-order valence-corrected chi connectivity index (χ3v) is 3.69. The average Bonchev–Trinajstić information content (AvgIpc) is 2.94. The van der Waals surface area contributed by atoms with Gasteiger partial charge in [0, 0.05) is 30.4 Å². The minimum absolute atomic E-state index is 0.0118. The first-order chi connectivity index (χ1) is 7.18. The van der Waals surface area contributed by atoms with Gasteiger partial charge in [-0.15, -0.1) is 11.3 Å². The summed E-state index contributed by atoms with van der Waals surface area (Å²) < 4.78 is 0. The minimum atomic E-state index is -0.0118. The van der Waals surface area contributed by atoms with E-state index in [1.807, 2.05) is 5.51 Å². The molecule has 84 valence electrons. The van der Waals surface area contributed by atoms with Crippen LogP contribution in [0.25, 0.3) is 0 Å². The van der Waals surface area contributed by atoms with E-state index in [1.54, 1.807) is 11.3 Å². The fourth-order valence-corrected chi connectivity index (χ4v) is 2.42. The molecule has 1 fully saturated rings. The van der Waals surface area contributed by atoms with E-state index in [0.717, 1.165) is 25.4 Å². The molecule has 0 spiro atoms. The molecular weight excluding hydrogens is 206 g/mol. The van der Waals surface area contributed by atoms with Crippen LogP contribution in [-0.2, 0) is 6.42 Å². The molecule has 15 heavy (non-hydrogen) atoms. The molecule has 0 amide bonds. The fraction of sp³-hybridized carbons (Fsp3) is 0.727. The van der Waals surface area contributed by atoms with Crippen molar-refractivity contribution in [1.82, 2.24) is 10.3 Å². The first-order valence-electron chi connectivity index (χ1n) is 5.55. The molecule has 0 bridgehead atoms. The van der Waals surface area contributed by atoms with Gasteiger partial charge in [-0.25, -0.2) is 4.98 Å². The van der Waals surface area contributed by atoms with Crippen LogP contribution in [0.4, 0.5) is 0 Å². The number of aromatic nitrogens is 1. The summed E-state index contributed by atoms with van der Waals surface area (Å²) in [6, 6.07) is 0. The van der Waals surface area contributed by atoms with E-state index in [-0.39, 0.29) is 5.54 Å². The zero-order valence-electron chi connectivity index (χ0n) is 9.20. The monoisotopic (exact) mass is 225 g/mol. The number of thiazole rings is 1. The van der Waals surface area contributed by atoms with Crippen molar-refractivity contribution >= 4 is 11.3 Å². The highest BCUT2D eigenvalue weighted by atomic mass is 32.1. The zero-order chi connectivity index (χ0) is 10.7. The van der Waals surface area contributed by atoms with E-state index in [0.29, 0.717) is 0 Å². The molecule has 0 aromatic carbocycles. The molecule has 1 aliphatic rings. The van der Waals surface area contributed by atoms with Crippen molar-refractivity contribution in [2.45, 2.75) is 31.7 Å². The van der Waals surface area contributed by atoms with Crippen molar-refractivity contribution in [3.8, 4) is 0 Å². The normalized spacial score (nSPS) is 20.1. The molecule has 0 radical (unpaired) electrons. The van der Waals surface area contributed by atoms with Crippen LogP contribution in [-0.4, -0.2) is 23.6 Å². The van der Waals surface area contributed by atoms with E-state index < -0.39 is 0 Å². The molecule has 3 N–H and O–H groups in total. The third kappa shape index (κ3) is 3.26. The summed E-state index contributed by atoms with van der Waals surface area (Å²) in [6.45, 7) is 4.05. The number of nitrogens with zero attached hydrogens (tertiary/aromatic N) is 1. The Morgan fingerprint density at radius 3 is 3.07 bits per heavy atom. The second-order valence-corrected chi connectivity index (χ2v) is 5.41. The van der Waals surface area contributed by atoms with Gasteiger partial charge in [0.2, 0.25) is 0 Å². The highest BCUT2D eigenvalue weighted by Gasteiger charge is 2.37. The SMILES string of the molecule is CC(N)(CNCCc1cscn1)C1CC1. The number of hydrogen-bond donors (Lipinski definition) is 2. The first kappa shape index (κ1) is 11.0. The van der Waals surface area contributed by atoms with Crippen molar-refractivity contribution in [2.75, 3.05) is 13.1 Å². The van der Waals surface area contributed by atoms with Crippen molar-refractivity contribution < 1.29 is 0 Å². The molecular formula is C11H19N3S. The Kier molecular flexibility index (Phi) is 3.38. The van der Waals surface area contributed by atoms with Gasteiger partial charge in [-0.2, -0.15) is 0 Å². The van der Waals surface area contributed by atoms with Crippen LogP contribution in [0.2, 0.25) is 0 Å². The van der Waals surface area contributed by atoms with Crippen molar-refractivity contribution in [3.63, 3.8) is 0 Å². The summed E-state index contributed by atoms with van der Waals surface area (Å²) >= 11 is 1.65. The highest BCUT2D eigenvalue weighted by molar-refractivity contribution is 7.07. The van der Waals surface area contributed by atoms with E-state index in [4.69, 9.17) is 5.73 Å². The number of rotatable bonds is 6. The molecule has 1 heterocycles. The maximum absolute atomic E-state index is 6.21. The molecule has 2 rings (SSSR count). The molecule has 0 saturated heterocycles. The van der Waals surface area contributed by atoms with Crippen molar-refractivity contribution in [3.05, 3.63) is 16.6 Å². The van der Waals surface area contributed by atoms with Crippen LogP contribution >= 0.6 is 11.3 Å². The largest absolute Gasteiger partial charge is 0.324 e. The average molecular weight is 225 g/mol. The molecule has 1 atom stereocenters. The Labute approximate surface area is 95.1 Å². The van der Waals surface area contributed by atoms with Crippen molar-refractivity contribution in [2.24, 2.45) is 11.7 Å². The van der Waals surface area contributed by atoms with E-state index in [1.165, 1.54) is 18.5 Å². The van der Waals surface area contributed by atoms with Crippen LogP contribution in [0.3, 0.4) is 0 Å². The first-order valence-corrected chi connectivity index (χ1v) is 6.49. The molecule has 1 unspecified atom stereocenters. The van der Waals surface area contributed by atoms with Gasteiger partial charge in [0.15, 0.2) is 0 Å². The molecule has 1 aromatic heterocycles. The van der Waals surface area contributed by atoms with E-state index >= 15 is 0 Å². The quantitative estimate of drug-likeness (QED) is 0.720. The molecule has 1 aliphatic carbocycles. The summed E-state index contributed by atoms with van der Waals surface area (Å²) in [7, 11) is 0. The number of nitrogens with one attached hydrogen (secondary N) is 1. The lowest BCUT2D eigenvalue weighted by Crippen LogP contribution is -2.48. The maximum Gasteiger partial charge on any atom is 0.0794 e. The molecule has 1 saturated carbocycles. The lowest BCUT2D eigenvalue weighted by molar-refractivity contribution is 0.381. The summed E-state index contributed by atoms with van der Waals surface area (Å²) in [4.78, 5) is 4.24. The smallest absolute Gasteiger partial charge is 0.0794 e. The fourth-order valence-electron chi connectivity index (χ4n) is 1.82. The Bertz CT molecular complexity index is 291. The van der Waals surface area contributed by atoms with Crippen LogP contribution in [0, 0.1) is 5.92 Å². The predicted molar refractivity (Wildman–Crippen MR) is 64.0 cm³/mol. The van der Waals surface area contributed by atoms with Gasteiger partial charge in [-0.3, -0.25) is 0 Å². The number of nitrogens with two attached hydrogens (primary N) is 1. The van der Waals surface area contributed by atoms with Gasteiger partial charge in [-0.05, 0) is 25.7 Å². The van der Waals surface area contributed by atoms with Crippen LogP contribution < -0.4 is 11.1 Å². The second kappa shape index (κ2) is 4.60. The Balaban J connectivity index is 1.62. The van der Waals surface area contributed by atoms with E-state index in [2.05, 4.69) is 22.6 Å². The molecule has 0 aliphatic heterocycles. The summed E-state index contributed by atoms with van der Waals surface area (Å²) in [5, 5.41) is 5.53. The predicted octanol–water partition coefficient (Wildman–Crippen LogP) is 1.40. The highest BCUT2D eigenvalue weighted by Crippen LogP contribution is 2.37. The second-order valence-electron chi connectivity index (χ2n) is 4.69. The maximum atomic E-state index is 6.21. The summed E-state index contributed by atoms with van der Waals surface area (Å²) in [5.41, 5.74) is 9.25. The topological polar surface area (TPSA) is 50.9 Å². The van der Waals surface area contributed by atoms with Gasteiger partial charge in [0.25, 0.3) is 0 Å². The minimum Gasteiger partial charge on any atom is -0.324 e. The Morgan fingerprint density at radius 2 is 2.47 bits per heavy atom. The van der Waals surface area contributed by atoms with Crippen LogP contribution in [0.1, 0.15) is 25.5 Å². The molecule has 3 nitrogen and oxygen atoms in total. The van der Waals surface area contributed by atoms with Gasteiger partial charge < -0.3 is 11.1 Å².